The number of aromatic nitrogens is 4. The van der Waals surface area contributed by atoms with Gasteiger partial charge in [0.25, 0.3) is 0 Å². The molecule has 0 spiro atoms. The van der Waals surface area contributed by atoms with Crippen molar-refractivity contribution in [2.75, 3.05) is 5.32 Å². The van der Waals surface area contributed by atoms with E-state index in [1.807, 2.05) is 17.1 Å². The highest BCUT2D eigenvalue weighted by atomic mass is 15.3. The maximum absolute atomic E-state index is 4.31. The van der Waals surface area contributed by atoms with Gasteiger partial charge < -0.3 is 10.3 Å². The number of H-pyrrole nitrogens is 1. The zero-order chi connectivity index (χ0) is 14.7. The van der Waals surface area contributed by atoms with Gasteiger partial charge in [0.1, 0.15) is 0 Å². The van der Waals surface area contributed by atoms with E-state index in [9.17, 15) is 0 Å². The van der Waals surface area contributed by atoms with Gasteiger partial charge in [0.15, 0.2) is 0 Å². The second kappa shape index (κ2) is 5.83. The van der Waals surface area contributed by atoms with E-state index in [1.165, 1.54) is 5.56 Å². The molecule has 3 rings (SSSR count). The molecule has 21 heavy (non-hydrogen) atoms. The molecule has 108 valence electrons. The Balaban J connectivity index is 1.70. The number of aryl methyl sites for hydroxylation is 1. The molecule has 0 aliphatic heterocycles. The third kappa shape index (κ3) is 2.97. The summed E-state index contributed by atoms with van der Waals surface area (Å²) in [5, 5.41) is 7.80. The van der Waals surface area contributed by atoms with Crippen LogP contribution in [0.3, 0.4) is 0 Å². The van der Waals surface area contributed by atoms with Crippen LogP contribution in [0, 0.1) is 0 Å². The molecule has 0 saturated heterocycles. The van der Waals surface area contributed by atoms with E-state index in [2.05, 4.69) is 64.7 Å². The van der Waals surface area contributed by atoms with Gasteiger partial charge in [0.05, 0.1) is 30.5 Å². The van der Waals surface area contributed by atoms with Crippen LogP contribution in [0.2, 0.25) is 0 Å². The Bertz CT molecular complexity index is 682. The summed E-state index contributed by atoms with van der Waals surface area (Å²) in [5.74, 6) is 0. The fourth-order valence-electron chi connectivity index (χ4n) is 2.27. The third-order valence-electron chi connectivity index (χ3n) is 3.55. The lowest BCUT2D eigenvalue weighted by Crippen LogP contribution is -2.05. The van der Waals surface area contributed by atoms with Crippen LogP contribution in [0.15, 0.2) is 49.2 Å². The lowest BCUT2D eigenvalue weighted by molar-refractivity contribution is 0.658. The minimum atomic E-state index is 0.225. The number of benzene rings is 1. The van der Waals surface area contributed by atoms with Crippen molar-refractivity contribution >= 4 is 5.69 Å². The Morgan fingerprint density at radius 2 is 2.05 bits per heavy atom. The van der Waals surface area contributed by atoms with Crippen molar-refractivity contribution in [3.63, 3.8) is 0 Å². The SMILES string of the molecule is CCn1cc(C(C)Nc2ccc(-c3cnc[nH]3)cc2)cn1. The van der Waals surface area contributed by atoms with E-state index in [-0.39, 0.29) is 6.04 Å². The molecule has 0 saturated carbocycles. The number of hydrogen-bond acceptors (Lipinski definition) is 3. The molecule has 3 aromatic rings. The van der Waals surface area contributed by atoms with Crippen LogP contribution < -0.4 is 5.32 Å². The molecule has 0 fully saturated rings. The van der Waals surface area contributed by atoms with Crippen LogP contribution in [0.1, 0.15) is 25.5 Å². The molecule has 0 radical (unpaired) electrons. The van der Waals surface area contributed by atoms with Crippen LogP contribution in [-0.4, -0.2) is 19.7 Å². The highest BCUT2D eigenvalue weighted by Gasteiger charge is 2.08. The molecule has 1 atom stereocenters. The predicted molar refractivity (Wildman–Crippen MR) is 84.0 cm³/mol. The fraction of sp³-hybridized carbons (Fsp3) is 0.250. The van der Waals surface area contributed by atoms with Crippen molar-refractivity contribution < 1.29 is 0 Å². The molecule has 1 unspecified atom stereocenters. The zero-order valence-corrected chi connectivity index (χ0v) is 12.2. The summed E-state index contributed by atoms with van der Waals surface area (Å²) in [7, 11) is 0. The fourth-order valence-corrected chi connectivity index (χ4v) is 2.27. The van der Waals surface area contributed by atoms with Gasteiger partial charge in [-0.15, -0.1) is 0 Å². The third-order valence-corrected chi connectivity index (χ3v) is 3.55. The summed E-state index contributed by atoms with van der Waals surface area (Å²) in [6.07, 6.45) is 7.51. The molecule has 5 heteroatoms. The van der Waals surface area contributed by atoms with Crippen molar-refractivity contribution in [3.05, 3.63) is 54.7 Å². The van der Waals surface area contributed by atoms with Gasteiger partial charge in [-0.05, 0) is 31.5 Å². The number of rotatable bonds is 5. The molecule has 0 aliphatic carbocycles. The molecular weight excluding hydrogens is 262 g/mol. The maximum atomic E-state index is 4.31. The number of nitrogens with one attached hydrogen (secondary N) is 2. The quantitative estimate of drug-likeness (QED) is 0.753. The van der Waals surface area contributed by atoms with Crippen LogP contribution in [0.5, 0.6) is 0 Å². The van der Waals surface area contributed by atoms with E-state index in [0.29, 0.717) is 0 Å². The van der Waals surface area contributed by atoms with Gasteiger partial charge in [-0.2, -0.15) is 5.10 Å². The number of imidazole rings is 1. The molecule has 2 N–H and O–H groups in total. The number of aromatic amines is 1. The Kier molecular flexibility index (Phi) is 3.73. The molecule has 0 bridgehead atoms. The van der Waals surface area contributed by atoms with E-state index < -0.39 is 0 Å². The smallest absolute Gasteiger partial charge is 0.0924 e. The topological polar surface area (TPSA) is 58.5 Å². The Hall–Kier alpha value is -2.56. The highest BCUT2D eigenvalue weighted by molar-refractivity contribution is 5.62. The first-order valence-corrected chi connectivity index (χ1v) is 7.14. The first-order valence-electron chi connectivity index (χ1n) is 7.14. The Morgan fingerprint density at radius 1 is 1.24 bits per heavy atom. The summed E-state index contributed by atoms with van der Waals surface area (Å²) in [5.41, 5.74) is 4.44. The van der Waals surface area contributed by atoms with Crippen LogP contribution in [-0.2, 0) is 6.54 Å². The average Bonchev–Trinajstić information content (AvgIpc) is 3.19. The van der Waals surface area contributed by atoms with E-state index in [4.69, 9.17) is 0 Å². The van der Waals surface area contributed by atoms with Gasteiger partial charge >= 0.3 is 0 Å². The lowest BCUT2D eigenvalue weighted by Gasteiger charge is -2.14. The summed E-state index contributed by atoms with van der Waals surface area (Å²) in [6, 6.07) is 8.55. The molecule has 2 heterocycles. The second-order valence-corrected chi connectivity index (χ2v) is 5.04. The second-order valence-electron chi connectivity index (χ2n) is 5.04. The first kappa shape index (κ1) is 13.4. The van der Waals surface area contributed by atoms with Crippen molar-refractivity contribution in [1.29, 1.82) is 0 Å². The number of nitrogens with zero attached hydrogens (tertiary/aromatic N) is 3. The van der Waals surface area contributed by atoms with Crippen LogP contribution in [0.4, 0.5) is 5.69 Å². The Labute approximate surface area is 124 Å². The van der Waals surface area contributed by atoms with E-state index >= 15 is 0 Å². The van der Waals surface area contributed by atoms with Crippen molar-refractivity contribution in [3.8, 4) is 11.3 Å². The highest BCUT2D eigenvalue weighted by Crippen LogP contribution is 2.22. The number of anilines is 1. The first-order chi connectivity index (χ1) is 10.3. The van der Waals surface area contributed by atoms with E-state index in [0.717, 1.165) is 23.5 Å². The molecule has 1 aromatic carbocycles. The van der Waals surface area contributed by atoms with Gasteiger partial charge in [-0.25, -0.2) is 4.98 Å². The van der Waals surface area contributed by atoms with Crippen molar-refractivity contribution in [2.45, 2.75) is 26.4 Å². The van der Waals surface area contributed by atoms with Crippen LogP contribution in [0.25, 0.3) is 11.3 Å². The van der Waals surface area contributed by atoms with Gasteiger partial charge in [0, 0.05) is 24.0 Å². The number of hydrogen-bond donors (Lipinski definition) is 2. The van der Waals surface area contributed by atoms with Gasteiger partial charge in [-0.1, -0.05) is 12.1 Å². The van der Waals surface area contributed by atoms with Crippen molar-refractivity contribution in [1.82, 2.24) is 19.7 Å². The monoisotopic (exact) mass is 281 g/mol. The molecule has 2 aromatic heterocycles. The predicted octanol–water partition coefficient (Wildman–Crippen LogP) is 3.47. The summed E-state index contributed by atoms with van der Waals surface area (Å²) < 4.78 is 1.94. The normalized spacial score (nSPS) is 12.3. The standard InChI is InChI=1S/C16H19N5/c1-3-21-10-14(8-19-21)12(2)20-15-6-4-13(5-7-15)16-9-17-11-18-16/h4-12,20H,3H2,1-2H3,(H,17,18). The van der Waals surface area contributed by atoms with Crippen LogP contribution >= 0.6 is 0 Å². The summed E-state index contributed by atoms with van der Waals surface area (Å²) in [6.45, 7) is 5.12. The average molecular weight is 281 g/mol. The lowest BCUT2D eigenvalue weighted by atomic mass is 10.1. The molecule has 0 aliphatic rings. The Morgan fingerprint density at radius 3 is 2.67 bits per heavy atom. The largest absolute Gasteiger partial charge is 0.378 e. The van der Waals surface area contributed by atoms with Gasteiger partial charge in [-0.3, -0.25) is 4.68 Å². The minimum Gasteiger partial charge on any atom is -0.378 e. The molecule has 5 nitrogen and oxygen atoms in total. The summed E-state index contributed by atoms with van der Waals surface area (Å²) >= 11 is 0. The maximum Gasteiger partial charge on any atom is 0.0924 e. The molecule has 0 amide bonds. The van der Waals surface area contributed by atoms with E-state index in [1.54, 1.807) is 6.33 Å². The zero-order valence-electron chi connectivity index (χ0n) is 12.2. The molecular formula is C16H19N5. The summed E-state index contributed by atoms with van der Waals surface area (Å²) in [4.78, 5) is 7.15. The van der Waals surface area contributed by atoms with Gasteiger partial charge in [0.2, 0.25) is 0 Å². The van der Waals surface area contributed by atoms with Crippen molar-refractivity contribution in [2.24, 2.45) is 0 Å². The minimum absolute atomic E-state index is 0.225.